The predicted octanol–water partition coefficient (Wildman–Crippen LogP) is 7.07. The fourth-order valence-corrected chi connectivity index (χ4v) is 7.90. The molecule has 1 N–H and O–H groups in total. The van der Waals surface area contributed by atoms with Crippen molar-refractivity contribution in [2.75, 3.05) is 37.7 Å². The summed E-state index contributed by atoms with van der Waals surface area (Å²) in [5.41, 5.74) is 4.07. The molecule has 0 aromatic heterocycles. The lowest BCUT2D eigenvalue weighted by atomic mass is 9.68. The van der Waals surface area contributed by atoms with Crippen LogP contribution in [-0.4, -0.2) is 59.5 Å². The zero-order chi connectivity index (χ0) is 32.0. The number of carbonyl (C=O) groups excluding carboxylic acids is 2. The van der Waals surface area contributed by atoms with Gasteiger partial charge in [-0.1, -0.05) is 50.3 Å². The lowest BCUT2D eigenvalue weighted by Gasteiger charge is -2.44. The van der Waals surface area contributed by atoms with Gasteiger partial charge in [0.05, 0.1) is 12.3 Å². The first-order chi connectivity index (χ1) is 21.7. The van der Waals surface area contributed by atoms with Crippen molar-refractivity contribution in [1.29, 1.82) is 0 Å². The highest BCUT2D eigenvalue weighted by molar-refractivity contribution is 7.84. The number of ether oxygens (including phenoxy) is 1. The van der Waals surface area contributed by atoms with Crippen molar-refractivity contribution >= 4 is 40.6 Å². The van der Waals surface area contributed by atoms with Crippen LogP contribution in [0.15, 0.2) is 36.4 Å². The molecular formula is C36H50ClN3O4S. The number of rotatable bonds is 10. The Kier molecular flexibility index (Phi) is 11.5. The van der Waals surface area contributed by atoms with E-state index in [0.29, 0.717) is 18.1 Å². The second kappa shape index (κ2) is 15.3. The Morgan fingerprint density at radius 3 is 2.58 bits per heavy atom. The minimum absolute atomic E-state index is 0.125. The smallest absolute Gasteiger partial charge is 0.263 e. The number of anilines is 1. The van der Waals surface area contributed by atoms with Gasteiger partial charge in [0.15, 0.2) is 0 Å². The van der Waals surface area contributed by atoms with E-state index in [-0.39, 0.29) is 16.6 Å². The number of hydrogen-bond donors (Lipinski definition) is 1. The van der Waals surface area contributed by atoms with E-state index in [1.165, 1.54) is 56.1 Å². The van der Waals surface area contributed by atoms with Crippen molar-refractivity contribution in [3.05, 3.63) is 58.1 Å². The van der Waals surface area contributed by atoms with Crippen LogP contribution < -0.4 is 14.4 Å². The number of nitrogens with one attached hydrogen (secondary N) is 1. The van der Waals surface area contributed by atoms with Crippen molar-refractivity contribution in [1.82, 2.24) is 9.62 Å². The van der Waals surface area contributed by atoms with Crippen molar-refractivity contribution < 1.29 is 18.5 Å². The van der Waals surface area contributed by atoms with E-state index >= 15 is 0 Å². The molecule has 2 aromatic rings. The van der Waals surface area contributed by atoms with Crippen molar-refractivity contribution in [3.8, 4) is 5.75 Å². The number of carbonyl (C=O) groups is 2. The molecule has 2 fully saturated rings. The van der Waals surface area contributed by atoms with Crippen LogP contribution in [0.25, 0.3) is 0 Å². The average Bonchev–Trinajstić information content (AvgIpc) is 3.14. The fourth-order valence-electron chi connectivity index (χ4n) is 7.17. The summed E-state index contributed by atoms with van der Waals surface area (Å²) in [5.74, 6) is 1.96. The number of likely N-dealkylation sites (tertiary alicyclic amines) is 1. The molecule has 4 unspecified atom stereocenters. The van der Waals surface area contributed by atoms with Crippen LogP contribution in [-0.2, 0) is 27.6 Å². The molecule has 0 radical (unpaired) electrons. The maximum atomic E-state index is 13.0. The number of hydrogen-bond acceptors (Lipinski definition) is 5. The van der Waals surface area contributed by atoms with Crippen LogP contribution in [0, 0.1) is 11.8 Å². The largest absolute Gasteiger partial charge is 0.490 e. The first kappa shape index (κ1) is 33.8. The molecular weight excluding hydrogens is 606 g/mol. The third-order valence-corrected chi connectivity index (χ3v) is 11.6. The van der Waals surface area contributed by atoms with Crippen molar-refractivity contribution in [2.45, 2.75) is 95.6 Å². The Bertz CT molecular complexity index is 1370. The summed E-state index contributed by atoms with van der Waals surface area (Å²) in [4.78, 5) is 27.0. The minimum Gasteiger partial charge on any atom is -0.490 e. The van der Waals surface area contributed by atoms with E-state index in [9.17, 15) is 13.8 Å². The molecule has 2 aliphatic heterocycles. The number of unbranched alkanes of at least 4 members (excludes halogenated alkanes) is 2. The molecule has 0 bridgehead atoms. The summed E-state index contributed by atoms with van der Waals surface area (Å²) >= 11 is 6.40. The van der Waals surface area contributed by atoms with Crippen LogP contribution in [0.1, 0.15) is 100 Å². The minimum atomic E-state index is -1.42. The monoisotopic (exact) mass is 655 g/mol. The number of halogens is 1. The molecule has 2 amide bonds. The van der Waals surface area contributed by atoms with Gasteiger partial charge in [0.2, 0.25) is 6.41 Å². The molecule has 9 heteroatoms. The van der Waals surface area contributed by atoms with Crippen LogP contribution in [0.4, 0.5) is 5.69 Å². The Hall–Kier alpha value is -2.58. The zero-order valence-corrected chi connectivity index (χ0v) is 28.8. The van der Waals surface area contributed by atoms with E-state index in [1.54, 1.807) is 11.0 Å². The van der Waals surface area contributed by atoms with E-state index in [0.717, 1.165) is 74.2 Å². The van der Waals surface area contributed by atoms with Crippen molar-refractivity contribution in [3.63, 3.8) is 0 Å². The number of benzene rings is 2. The highest BCUT2D eigenvalue weighted by Crippen LogP contribution is 2.46. The molecule has 45 heavy (non-hydrogen) atoms. The fraction of sp³-hybridized carbons (Fsp3) is 0.611. The molecule has 2 aliphatic carbocycles. The molecule has 2 heterocycles. The SMILES string of the molecule is CCCCCC1CCC1CN1CC2(CCCc3cc(Cl)ccc32)COc2ccc(C(=O)NS(=O)C(C)C)cc21.O=CN1CCC1. The van der Waals surface area contributed by atoms with Gasteiger partial charge < -0.3 is 14.5 Å². The van der Waals surface area contributed by atoms with Crippen molar-refractivity contribution in [2.24, 2.45) is 11.8 Å². The molecule has 2 aromatic carbocycles. The highest BCUT2D eigenvalue weighted by Gasteiger charge is 2.43. The van der Waals surface area contributed by atoms with Crippen LogP contribution >= 0.6 is 11.6 Å². The van der Waals surface area contributed by atoms with Crippen LogP contribution in [0.5, 0.6) is 5.75 Å². The topological polar surface area (TPSA) is 79.0 Å². The Labute approximate surface area is 277 Å². The first-order valence-corrected chi connectivity index (χ1v) is 18.5. The van der Waals surface area contributed by atoms with Gasteiger partial charge in [0.25, 0.3) is 5.91 Å². The van der Waals surface area contributed by atoms with E-state index < -0.39 is 11.0 Å². The molecule has 1 spiro atoms. The van der Waals surface area contributed by atoms with E-state index in [2.05, 4.69) is 28.7 Å². The third kappa shape index (κ3) is 8.05. The first-order valence-electron chi connectivity index (χ1n) is 16.9. The molecule has 246 valence electrons. The quantitative estimate of drug-likeness (QED) is 0.219. The van der Waals surface area contributed by atoms with Gasteiger partial charge in [-0.05, 0) is 106 Å². The highest BCUT2D eigenvalue weighted by atomic mass is 35.5. The van der Waals surface area contributed by atoms with Gasteiger partial charge in [-0.2, -0.15) is 0 Å². The summed E-state index contributed by atoms with van der Waals surface area (Å²) in [5, 5.41) is 0.650. The second-order valence-corrected chi connectivity index (χ2v) is 15.8. The number of nitrogens with zero attached hydrogens (tertiary/aromatic N) is 2. The molecule has 6 rings (SSSR count). The van der Waals surface area contributed by atoms with Crippen LogP contribution in [0.2, 0.25) is 5.02 Å². The van der Waals surface area contributed by atoms with Gasteiger partial charge >= 0.3 is 0 Å². The number of aryl methyl sites for hydroxylation is 1. The molecule has 4 aliphatic rings. The van der Waals surface area contributed by atoms with Gasteiger partial charge in [-0.25, -0.2) is 4.21 Å². The lowest BCUT2D eigenvalue weighted by Crippen LogP contribution is -2.48. The summed E-state index contributed by atoms with van der Waals surface area (Å²) in [6, 6.07) is 12.0. The Morgan fingerprint density at radius 1 is 1.13 bits per heavy atom. The van der Waals surface area contributed by atoms with E-state index in [4.69, 9.17) is 16.3 Å². The summed E-state index contributed by atoms with van der Waals surface area (Å²) in [6.45, 7) is 10.3. The van der Waals surface area contributed by atoms with Crippen LogP contribution in [0.3, 0.4) is 0 Å². The Balaban J connectivity index is 0.000000598. The lowest BCUT2D eigenvalue weighted by molar-refractivity contribution is -0.121. The zero-order valence-electron chi connectivity index (χ0n) is 27.2. The summed E-state index contributed by atoms with van der Waals surface area (Å²) in [6.07, 6.45) is 13.1. The van der Waals surface area contributed by atoms with Gasteiger partial charge in [-0.3, -0.25) is 14.3 Å². The summed E-state index contributed by atoms with van der Waals surface area (Å²) < 4.78 is 21.6. The van der Waals surface area contributed by atoms with Gasteiger partial charge in [0.1, 0.15) is 16.7 Å². The summed E-state index contributed by atoms with van der Waals surface area (Å²) in [7, 11) is -1.42. The molecule has 1 saturated carbocycles. The number of amides is 2. The second-order valence-electron chi connectivity index (χ2n) is 13.7. The maximum absolute atomic E-state index is 13.0. The standard InChI is InChI=1S/C32H43ClN2O3S.C4H7NO/c1-4-5-6-8-23-10-11-26(23)19-35-20-32(16-7-9-24-17-27(33)13-14-28(24)32)21-38-30-15-12-25(18-29(30)35)31(36)34-39(37)22(2)3;6-4-5-2-1-3-5/h12-15,17-18,22-23,26H,4-11,16,19-21H2,1-3H3,(H,34,36);4H,1-3H2. The molecule has 4 atom stereocenters. The third-order valence-electron chi connectivity index (χ3n) is 10.2. The molecule has 1 saturated heterocycles. The molecule has 7 nitrogen and oxygen atoms in total. The van der Waals surface area contributed by atoms with Gasteiger partial charge in [0, 0.05) is 47.4 Å². The van der Waals surface area contributed by atoms with E-state index in [1.807, 2.05) is 32.0 Å². The number of fused-ring (bicyclic) bond motifs is 3. The maximum Gasteiger partial charge on any atom is 0.263 e. The average molecular weight is 656 g/mol. The predicted molar refractivity (Wildman–Crippen MR) is 184 cm³/mol. The Morgan fingerprint density at radius 2 is 1.93 bits per heavy atom. The van der Waals surface area contributed by atoms with Gasteiger partial charge in [-0.15, -0.1) is 0 Å². The normalized spacial score (nSPS) is 24.1.